The molecule has 0 fully saturated rings. The zero-order valence-electron chi connectivity index (χ0n) is 12.1. The molecule has 1 aliphatic rings. The first-order chi connectivity index (χ1) is 9.52. The third-order valence-electron chi connectivity index (χ3n) is 2.89. The highest BCUT2D eigenvalue weighted by Gasteiger charge is 2.19. The summed E-state index contributed by atoms with van der Waals surface area (Å²) in [7, 11) is 0. The molecule has 1 amide bonds. The average molecular weight is 291 g/mol. The van der Waals surface area contributed by atoms with E-state index in [4.69, 9.17) is 4.99 Å². The maximum Gasteiger partial charge on any atom is 0.221 e. The van der Waals surface area contributed by atoms with Gasteiger partial charge in [-0.25, -0.2) is 0 Å². The van der Waals surface area contributed by atoms with E-state index in [1.165, 1.54) is 6.92 Å². The van der Waals surface area contributed by atoms with Crippen molar-refractivity contribution < 1.29 is 4.79 Å². The molecular weight excluding hydrogens is 270 g/mol. The molecule has 4 nitrogen and oxygen atoms in total. The van der Waals surface area contributed by atoms with Crippen molar-refractivity contribution in [1.29, 1.82) is 0 Å². The van der Waals surface area contributed by atoms with Gasteiger partial charge in [0.1, 0.15) is 0 Å². The number of aliphatic imine (C=N–C) groups is 1. The van der Waals surface area contributed by atoms with Crippen LogP contribution in [-0.4, -0.2) is 22.9 Å². The summed E-state index contributed by atoms with van der Waals surface area (Å²) in [6, 6.07) is 8.10. The van der Waals surface area contributed by atoms with Crippen LogP contribution in [0.3, 0.4) is 0 Å². The van der Waals surface area contributed by atoms with E-state index in [0.717, 1.165) is 28.7 Å². The van der Waals surface area contributed by atoms with E-state index in [0.29, 0.717) is 12.0 Å². The summed E-state index contributed by atoms with van der Waals surface area (Å²) in [5.74, 6) is 1.66. The highest BCUT2D eigenvalue weighted by molar-refractivity contribution is 8.14. The fourth-order valence-corrected chi connectivity index (χ4v) is 3.12. The Morgan fingerprint density at radius 2 is 2.20 bits per heavy atom. The van der Waals surface area contributed by atoms with Crippen molar-refractivity contribution in [3.8, 4) is 0 Å². The van der Waals surface area contributed by atoms with Crippen LogP contribution < -0.4 is 10.6 Å². The van der Waals surface area contributed by atoms with Crippen LogP contribution in [0, 0.1) is 5.92 Å². The number of nitrogens with one attached hydrogen (secondary N) is 2. The van der Waals surface area contributed by atoms with E-state index in [2.05, 4.69) is 24.5 Å². The molecule has 0 aromatic heterocycles. The topological polar surface area (TPSA) is 53.5 Å². The molecule has 1 aromatic carbocycles. The van der Waals surface area contributed by atoms with E-state index in [1.807, 2.05) is 24.3 Å². The molecule has 0 radical (unpaired) electrons. The summed E-state index contributed by atoms with van der Waals surface area (Å²) in [5, 5.41) is 7.07. The first kappa shape index (κ1) is 14.9. The van der Waals surface area contributed by atoms with Gasteiger partial charge in [-0.3, -0.25) is 9.79 Å². The highest BCUT2D eigenvalue weighted by Crippen LogP contribution is 2.25. The molecule has 5 heteroatoms. The SMILES string of the molecule is CC(=O)Nc1cccc(NC2=NC(CC(C)C)CS2)c1. The van der Waals surface area contributed by atoms with Gasteiger partial charge in [-0.05, 0) is 30.5 Å². The Bertz CT molecular complexity index is 514. The van der Waals surface area contributed by atoms with Gasteiger partial charge in [0.15, 0.2) is 5.17 Å². The molecule has 0 saturated heterocycles. The minimum absolute atomic E-state index is 0.0632. The van der Waals surface area contributed by atoms with E-state index in [1.54, 1.807) is 11.8 Å². The molecule has 0 aliphatic carbocycles. The standard InChI is InChI=1S/C15H21N3OS/c1-10(2)7-14-9-20-15(18-14)17-13-6-4-5-12(8-13)16-11(3)19/h4-6,8,10,14H,7,9H2,1-3H3,(H,16,19)(H,17,18). The number of carbonyl (C=O) groups is 1. The minimum Gasteiger partial charge on any atom is -0.335 e. The van der Waals surface area contributed by atoms with Crippen LogP contribution >= 0.6 is 11.8 Å². The van der Waals surface area contributed by atoms with Crippen molar-refractivity contribution in [3.63, 3.8) is 0 Å². The summed E-state index contributed by atoms with van der Waals surface area (Å²) in [6.45, 7) is 5.96. The minimum atomic E-state index is -0.0632. The zero-order valence-corrected chi connectivity index (χ0v) is 13.0. The van der Waals surface area contributed by atoms with Crippen LogP contribution in [0.25, 0.3) is 0 Å². The van der Waals surface area contributed by atoms with Gasteiger partial charge in [0.05, 0.1) is 6.04 Å². The number of amidine groups is 1. The molecule has 1 aromatic rings. The average Bonchev–Trinajstić information content (AvgIpc) is 2.75. The Hall–Kier alpha value is -1.49. The van der Waals surface area contributed by atoms with Crippen molar-refractivity contribution >= 4 is 34.2 Å². The van der Waals surface area contributed by atoms with Crippen LogP contribution in [-0.2, 0) is 4.79 Å². The Labute approximate surface area is 124 Å². The third-order valence-corrected chi connectivity index (χ3v) is 3.92. The number of benzene rings is 1. The molecule has 1 unspecified atom stereocenters. The second-order valence-corrected chi connectivity index (χ2v) is 6.42. The van der Waals surface area contributed by atoms with Gasteiger partial charge < -0.3 is 10.6 Å². The van der Waals surface area contributed by atoms with Crippen LogP contribution in [0.2, 0.25) is 0 Å². The van der Waals surface area contributed by atoms with Crippen molar-refractivity contribution in [2.24, 2.45) is 10.9 Å². The number of nitrogens with zero attached hydrogens (tertiary/aromatic N) is 1. The molecule has 0 saturated carbocycles. The Balaban J connectivity index is 1.98. The summed E-state index contributed by atoms with van der Waals surface area (Å²) >= 11 is 1.76. The van der Waals surface area contributed by atoms with Crippen molar-refractivity contribution in [3.05, 3.63) is 24.3 Å². The van der Waals surface area contributed by atoms with Crippen LogP contribution in [0.4, 0.5) is 11.4 Å². The van der Waals surface area contributed by atoms with Gasteiger partial charge in [-0.1, -0.05) is 31.7 Å². The first-order valence-electron chi connectivity index (χ1n) is 6.88. The maximum atomic E-state index is 11.1. The fourth-order valence-electron chi connectivity index (χ4n) is 2.15. The second kappa shape index (κ2) is 6.79. The normalized spacial score (nSPS) is 18.0. The molecular formula is C15H21N3OS. The molecule has 1 atom stereocenters. The fraction of sp³-hybridized carbons (Fsp3) is 0.467. The predicted molar refractivity (Wildman–Crippen MR) is 87.5 cm³/mol. The van der Waals surface area contributed by atoms with Crippen molar-refractivity contribution in [2.75, 3.05) is 16.4 Å². The van der Waals surface area contributed by atoms with E-state index in [9.17, 15) is 4.79 Å². The van der Waals surface area contributed by atoms with Crippen LogP contribution in [0.1, 0.15) is 27.2 Å². The Morgan fingerprint density at radius 3 is 2.90 bits per heavy atom. The van der Waals surface area contributed by atoms with Gasteiger partial charge >= 0.3 is 0 Å². The molecule has 108 valence electrons. The van der Waals surface area contributed by atoms with Gasteiger partial charge in [-0.15, -0.1) is 0 Å². The van der Waals surface area contributed by atoms with Gasteiger partial charge in [0.25, 0.3) is 0 Å². The number of hydrogen-bond acceptors (Lipinski definition) is 4. The molecule has 1 heterocycles. The Kier molecular flexibility index (Phi) is 5.06. The largest absolute Gasteiger partial charge is 0.335 e. The summed E-state index contributed by atoms with van der Waals surface area (Å²) in [5.41, 5.74) is 1.75. The lowest BCUT2D eigenvalue weighted by atomic mass is 10.1. The van der Waals surface area contributed by atoms with Gasteiger partial charge in [0.2, 0.25) is 5.91 Å². The number of thioether (sulfide) groups is 1. The smallest absolute Gasteiger partial charge is 0.221 e. The lowest BCUT2D eigenvalue weighted by molar-refractivity contribution is -0.114. The zero-order chi connectivity index (χ0) is 14.5. The van der Waals surface area contributed by atoms with Crippen LogP contribution in [0.15, 0.2) is 29.3 Å². The molecule has 0 bridgehead atoms. The second-order valence-electron chi connectivity index (χ2n) is 5.42. The van der Waals surface area contributed by atoms with Crippen LogP contribution in [0.5, 0.6) is 0 Å². The number of hydrogen-bond donors (Lipinski definition) is 2. The molecule has 2 N–H and O–H groups in total. The van der Waals surface area contributed by atoms with Gasteiger partial charge in [0, 0.05) is 24.1 Å². The van der Waals surface area contributed by atoms with E-state index < -0.39 is 0 Å². The summed E-state index contributed by atoms with van der Waals surface area (Å²) in [6.07, 6.45) is 1.13. The van der Waals surface area contributed by atoms with Gasteiger partial charge in [-0.2, -0.15) is 0 Å². The molecule has 2 rings (SSSR count). The van der Waals surface area contributed by atoms with Crippen molar-refractivity contribution in [2.45, 2.75) is 33.2 Å². The molecule has 20 heavy (non-hydrogen) atoms. The summed E-state index contributed by atoms with van der Waals surface area (Å²) < 4.78 is 0. The number of anilines is 2. The van der Waals surface area contributed by atoms with E-state index in [-0.39, 0.29) is 5.91 Å². The predicted octanol–water partition coefficient (Wildman–Crippen LogP) is 3.57. The quantitative estimate of drug-likeness (QED) is 0.891. The van der Waals surface area contributed by atoms with Crippen molar-refractivity contribution in [1.82, 2.24) is 0 Å². The Morgan fingerprint density at radius 1 is 1.45 bits per heavy atom. The molecule has 1 aliphatic heterocycles. The maximum absolute atomic E-state index is 11.1. The first-order valence-corrected chi connectivity index (χ1v) is 7.87. The number of rotatable bonds is 4. The monoisotopic (exact) mass is 291 g/mol. The number of amides is 1. The molecule has 0 spiro atoms. The third kappa shape index (κ3) is 4.56. The lowest BCUT2D eigenvalue weighted by Crippen LogP contribution is -2.09. The number of carbonyl (C=O) groups excluding carboxylic acids is 1. The summed E-state index contributed by atoms with van der Waals surface area (Å²) in [4.78, 5) is 15.8. The highest BCUT2D eigenvalue weighted by atomic mass is 32.2. The van der Waals surface area contributed by atoms with E-state index >= 15 is 0 Å². The lowest BCUT2D eigenvalue weighted by Gasteiger charge is -2.08.